The van der Waals surface area contributed by atoms with Gasteiger partial charge in [0.1, 0.15) is 13.7 Å². The summed E-state index contributed by atoms with van der Waals surface area (Å²) in [7, 11) is 6.31. The molecule has 0 aliphatic carbocycles. The van der Waals surface area contributed by atoms with Crippen molar-refractivity contribution in [2.75, 3.05) is 11.9 Å². The van der Waals surface area contributed by atoms with Crippen molar-refractivity contribution in [2.24, 2.45) is 0 Å². The molecule has 4 heterocycles. The lowest BCUT2D eigenvalue weighted by atomic mass is 9.96. The zero-order valence-corrected chi connectivity index (χ0v) is 16.3. The van der Waals surface area contributed by atoms with Crippen molar-refractivity contribution in [2.45, 2.75) is 51.8 Å². The predicted octanol–water partition coefficient (Wildman–Crippen LogP) is 3.86. The fraction of sp³-hybridized carbons (Fsp3) is 0.474. The van der Waals surface area contributed by atoms with E-state index in [1.165, 1.54) is 6.42 Å². The third-order valence-corrected chi connectivity index (χ3v) is 5.56. The van der Waals surface area contributed by atoms with E-state index >= 15 is 0 Å². The van der Waals surface area contributed by atoms with Crippen LogP contribution in [0.5, 0.6) is 0 Å². The van der Waals surface area contributed by atoms with Gasteiger partial charge in [0.05, 0.1) is 16.1 Å². The number of fused-ring (bicyclic) bond motifs is 1. The van der Waals surface area contributed by atoms with Crippen molar-refractivity contribution >= 4 is 40.7 Å². The fourth-order valence-electron chi connectivity index (χ4n) is 3.28. The van der Waals surface area contributed by atoms with Crippen LogP contribution in [0.3, 0.4) is 0 Å². The van der Waals surface area contributed by atoms with Gasteiger partial charge in [-0.2, -0.15) is 5.10 Å². The number of hydrogen-bond acceptors (Lipinski definition) is 5. The van der Waals surface area contributed by atoms with Crippen molar-refractivity contribution < 1.29 is 4.74 Å². The van der Waals surface area contributed by atoms with E-state index in [0.29, 0.717) is 0 Å². The molecule has 3 aromatic heterocycles. The van der Waals surface area contributed by atoms with Crippen LogP contribution in [0.4, 0.5) is 5.82 Å². The highest BCUT2D eigenvalue weighted by atomic mass is 32.1. The van der Waals surface area contributed by atoms with E-state index in [1.807, 2.05) is 23.0 Å². The van der Waals surface area contributed by atoms with Gasteiger partial charge in [0.15, 0.2) is 6.23 Å². The molecule has 134 valence electrons. The van der Waals surface area contributed by atoms with E-state index in [-0.39, 0.29) is 11.8 Å². The van der Waals surface area contributed by atoms with E-state index in [1.54, 1.807) is 11.3 Å². The number of nitrogens with one attached hydrogen (secondary N) is 1. The van der Waals surface area contributed by atoms with Gasteiger partial charge in [-0.1, -0.05) is 5.46 Å². The summed E-state index contributed by atoms with van der Waals surface area (Å²) in [6, 6.07) is 6.04. The second-order valence-corrected chi connectivity index (χ2v) is 8.83. The number of aromatic nitrogens is 3. The van der Waals surface area contributed by atoms with Crippen molar-refractivity contribution in [1.29, 1.82) is 0 Å². The van der Waals surface area contributed by atoms with Crippen molar-refractivity contribution in [3.8, 4) is 10.6 Å². The Morgan fingerprint density at radius 2 is 2.15 bits per heavy atom. The lowest BCUT2D eigenvalue weighted by molar-refractivity contribution is -0.0383. The number of thiophene rings is 1. The Labute approximate surface area is 159 Å². The van der Waals surface area contributed by atoms with Gasteiger partial charge in [-0.3, -0.25) is 0 Å². The van der Waals surface area contributed by atoms with E-state index < -0.39 is 0 Å². The Kier molecular flexibility index (Phi) is 4.53. The minimum atomic E-state index is -0.0666. The largest absolute Gasteiger partial charge is 0.365 e. The topological polar surface area (TPSA) is 52.0 Å². The molecule has 1 fully saturated rings. The molecule has 3 aromatic rings. The monoisotopic (exact) mass is 366 g/mol. The zero-order valence-electron chi connectivity index (χ0n) is 15.5. The lowest BCUT2D eigenvalue weighted by Gasteiger charge is -2.24. The van der Waals surface area contributed by atoms with Crippen molar-refractivity contribution in [3.63, 3.8) is 0 Å². The summed E-state index contributed by atoms with van der Waals surface area (Å²) in [6.07, 6.45) is 5.15. The van der Waals surface area contributed by atoms with Gasteiger partial charge in [0.2, 0.25) is 0 Å². The molecule has 26 heavy (non-hydrogen) atoms. The molecule has 1 N–H and O–H groups in total. The Morgan fingerprint density at radius 3 is 2.88 bits per heavy atom. The van der Waals surface area contributed by atoms with Crippen LogP contribution in [0.1, 0.15) is 46.3 Å². The van der Waals surface area contributed by atoms with E-state index in [9.17, 15) is 0 Å². The standard InChI is InChI=1S/C19H23BN4OS/c1-19(2,3)23-16-10-12(20)18-13(22-16)11-15(26-18)14-7-8-21-24(14)17-6-4-5-9-25-17/h7-8,10-11,17H,4-6,9H2,1-3H3,(H,22,23). The summed E-state index contributed by atoms with van der Waals surface area (Å²) in [4.78, 5) is 5.86. The van der Waals surface area contributed by atoms with Crippen LogP contribution in [-0.2, 0) is 4.74 Å². The van der Waals surface area contributed by atoms with Crippen LogP contribution in [0, 0.1) is 0 Å². The first kappa shape index (κ1) is 17.6. The fourth-order valence-corrected chi connectivity index (χ4v) is 4.32. The number of rotatable bonds is 3. The molecular formula is C19H23BN4OS. The third kappa shape index (κ3) is 3.51. The van der Waals surface area contributed by atoms with Gasteiger partial charge < -0.3 is 10.1 Å². The number of pyridine rings is 1. The molecule has 0 saturated carbocycles. The molecule has 1 atom stereocenters. The normalized spacial score (nSPS) is 18.3. The summed E-state index contributed by atoms with van der Waals surface area (Å²) in [5.41, 5.74) is 2.65. The van der Waals surface area contributed by atoms with Gasteiger partial charge in [-0.25, -0.2) is 9.67 Å². The minimum absolute atomic E-state index is 0.0161. The van der Waals surface area contributed by atoms with Crippen LogP contribution in [0.2, 0.25) is 0 Å². The highest BCUT2D eigenvalue weighted by Crippen LogP contribution is 2.35. The van der Waals surface area contributed by atoms with E-state index in [0.717, 1.165) is 51.5 Å². The molecule has 2 radical (unpaired) electrons. The van der Waals surface area contributed by atoms with Crippen LogP contribution < -0.4 is 10.8 Å². The first-order valence-electron chi connectivity index (χ1n) is 9.04. The van der Waals surface area contributed by atoms with Gasteiger partial charge in [-0.05, 0) is 58.2 Å². The number of hydrogen-bond donors (Lipinski definition) is 1. The average molecular weight is 366 g/mol. The maximum Gasteiger partial charge on any atom is 0.150 e. The van der Waals surface area contributed by atoms with Crippen LogP contribution in [0.15, 0.2) is 24.4 Å². The van der Waals surface area contributed by atoms with Crippen LogP contribution in [-0.4, -0.2) is 34.8 Å². The molecule has 1 unspecified atom stereocenters. The molecule has 1 aliphatic rings. The highest BCUT2D eigenvalue weighted by molar-refractivity contribution is 7.23. The average Bonchev–Trinajstić information content (AvgIpc) is 3.20. The van der Waals surface area contributed by atoms with Gasteiger partial charge in [0.25, 0.3) is 0 Å². The molecule has 7 heteroatoms. The lowest BCUT2D eigenvalue weighted by Crippen LogP contribution is -2.27. The molecule has 0 bridgehead atoms. The van der Waals surface area contributed by atoms with E-state index in [4.69, 9.17) is 17.6 Å². The SMILES string of the molecule is [B]c1cc(NC(C)(C)C)nc2cc(-c3ccnn3C3CCCCO3)sc12. The summed E-state index contributed by atoms with van der Waals surface area (Å²) in [6.45, 7) is 7.12. The highest BCUT2D eigenvalue weighted by Gasteiger charge is 2.21. The Hall–Kier alpha value is -1.86. The molecule has 0 spiro atoms. The zero-order chi connectivity index (χ0) is 18.3. The number of anilines is 1. The molecule has 0 aromatic carbocycles. The Morgan fingerprint density at radius 1 is 1.31 bits per heavy atom. The smallest absolute Gasteiger partial charge is 0.150 e. The molecule has 5 nitrogen and oxygen atoms in total. The summed E-state index contributed by atoms with van der Waals surface area (Å²) >= 11 is 1.65. The third-order valence-electron chi connectivity index (χ3n) is 4.36. The summed E-state index contributed by atoms with van der Waals surface area (Å²) in [5.74, 6) is 0.802. The maximum absolute atomic E-state index is 6.31. The van der Waals surface area contributed by atoms with E-state index in [2.05, 4.69) is 37.3 Å². The molecule has 1 aliphatic heterocycles. The predicted molar refractivity (Wildman–Crippen MR) is 108 cm³/mol. The molecule has 4 rings (SSSR count). The Bertz CT molecular complexity index is 921. The first-order valence-corrected chi connectivity index (χ1v) is 9.86. The summed E-state index contributed by atoms with van der Waals surface area (Å²) in [5, 5.41) is 7.91. The second-order valence-electron chi connectivity index (χ2n) is 7.78. The Balaban J connectivity index is 1.72. The van der Waals surface area contributed by atoms with Gasteiger partial charge in [0, 0.05) is 23.0 Å². The van der Waals surface area contributed by atoms with Gasteiger partial charge in [-0.15, -0.1) is 11.3 Å². The van der Waals surface area contributed by atoms with Crippen molar-refractivity contribution in [3.05, 3.63) is 24.4 Å². The molecular weight excluding hydrogens is 343 g/mol. The summed E-state index contributed by atoms with van der Waals surface area (Å²) < 4.78 is 8.92. The molecule has 1 saturated heterocycles. The van der Waals surface area contributed by atoms with Crippen molar-refractivity contribution in [1.82, 2.24) is 14.8 Å². The minimum Gasteiger partial charge on any atom is -0.365 e. The molecule has 0 amide bonds. The second kappa shape index (κ2) is 6.70. The first-order chi connectivity index (χ1) is 12.4. The number of ether oxygens (including phenoxy) is 1. The van der Waals surface area contributed by atoms with Crippen LogP contribution >= 0.6 is 11.3 Å². The van der Waals surface area contributed by atoms with Gasteiger partial charge >= 0.3 is 0 Å². The maximum atomic E-state index is 6.31. The number of nitrogens with zero attached hydrogens (tertiary/aromatic N) is 3. The van der Waals surface area contributed by atoms with Crippen LogP contribution in [0.25, 0.3) is 20.8 Å². The quantitative estimate of drug-likeness (QED) is 0.715.